The van der Waals surface area contributed by atoms with Crippen LogP contribution in [-0.2, 0) is 33.2 Å². The lowest BCUT2D eigenvalue weighted by Crippen LogP contribution is -2.66. The van der Waals surface area contributed by atoms with E-state index in [1.807, 2.05) is 6.08 Å². The molecule has 3 heterocycles. The lowest BCUT2D eigenvalue weighted by molar-refractivity contribution is -0.379. The molecule has 17 atom stereocenters. The van der Waals surface area contributed by atoms with Crippen LogP contribution in [0.3, 0.4) is 0 Å². The predicted octanol–water partition coefficient (Wildman–Crippen LogP) is 8.55. The summed E-state index contributed by atoms with van der Waals surface area (Å²) in [4.78, 5) is 13.4. The highest BCUT2D eigenvalue weighted by atomic mass is 16.8. The van der Waals surface area contributed by atoms with Gasteiger partial charge in [0.05, 0.1) is 38.6 Å². The minimum Gasteiger partial charge on any atom is -0.394 e. The Morgan fingerprint density at radius 1 is 0.420 bits per heavy atom. The van der Waals surface area contributed by atoms with Gasteiger partial charge in [-0.1, -0.05) is 228 Å². The number of ether oxygens (including phenoxy) is 6. The zero-order valence-electron chi connectivity index (χ0n) is 53.7. The molecule has 510 valence electrons. The van der Waals surface area contributed by atoms with Gasteiger partial charge in [0.15, 0.2) is 18.9 Å². The van der Waals surface area contributed by atoms with Crippen molar-refractivity contribution >= 4 is 5.91 Å². The van der Waals surface area contributed by atoms with Crippen LogP contribution < -0.4 is 5.32 Å². The Morgan fingerprint density at radius 3 is 1.23 bits per heavy atom. The second-order valence-electron chi connectivity index (χ2n) is 24.3. The summed E-state index contributed by atoms with van der Waals surface area (Å²) in [7, 11) is 0. The van der Waals surface area contributed by atoms with Crippen LogP contribution in [0, 0.1) is 0 Å². The number of rotatable bonds is 51. The standard InChI is InChI=1S/C69H121NO18/c1-3-5-7-9-11-13-15-17-19-20-21-22-23-24-25-26-27-28-29-30-31-32-33-35-37-39-41-43-45-47-57(75)70-52(53(74)46-44-42-40-38-36-34-18-16-14-12-10-8-6-4-2)51-83-67-63(81)60(78)65(55(49-72)85-67)88-69-64(82)61(79)66(56(50-73)86-69)87-68-62(80)59(77)58(76)54(48-71)84-68/h5,7,11,13,17,19,21-22,24-25,44,46,52-56,58-69,71-74,76-82H,3-4,6,8-10,12,14-16,18,20,23,26-43,45,47-51H2,1-2H3,(H,70,75)/b7-5-,13-11-,19-17-,22-21-,25-24-,46-44+. The van der Waals surface area contributed by atoms with Crippen molar-refractivity contribution in [1.29, 1.82) is 0 Å². The Balaban J connectivity index is 1.40. The molecule has 19 nitrogen and oxygen atoms in total. The van der Waals surface area contributed by atoms with Crippen LogP contribution in [0.15, 0.2) is 72.9 Å². The topological polar surface area (TPSA) is 307 Å². The van der Waals surface area contributed by atoms with Gasteiger partial charge in [-0.25, -0.2) is 0 Å². The van der Waals surface area contributed by atoms with Crippen LogP contribution in [0.1, 0.15) is 226 Å². The van der Waals surface area contributed by atoms with Gasteiger partial charge in [-0.2, -0.15) is 0 Å². The van der Waals surface area contributed by atoms with E-state index >= 15 is 0 Å². The van der Waals surface area contributed by atoms with E-state index in [0.29, 0.717) is 6.42 Å². The van der Waals surface area contributed by atoms with Gasteiger partial charge < -0.3 is 89.9 Å². The van der Waals surface area contributed by atoms with Crippen molar-refractivity contribution in [3.63, 3.8) is 0 Å². The molecule has 12 N–H and O–H groups in total. The van der Waals surface area contributed by atoms with Gasteiger partial charge >= 0.3 is 0 Å². The van der Waals surface area contributed by atoms with E-state index in [-0.39, 0.29) is 18.9 Å². The third kappa shape index (κ3) is 32.7. The van der Waals surface area contributed by atoms with Crippen molar-refractivity contribution in [2.24, 2.45) is 0 Å². The largest absolute Gasteiger partial charge is 0.394 e. The Kier molecular flexibility index (Phi) is 45.8. The van der Waals surface area contributed by atoms with Crippen LogP contribution in [0.25, 0.3) is 0 Å². The molecule has 3 aliphatic heterocycles. The molecule has 0 aliphatic carbocycles. The van der Waals surface area contributed by atoms with E-state index in [0.717, 1.165) is 83.5 Å². The minimum absolute atomic E-state index is 0.239. The van der Waals surface area contributed by atoms with E-state index in [2.05, 4.69) is 79.9 Å². The molecule has 0 aromatic heterocycles. The van der Waals surface area contributed by atoms with Crippen LogP contribution in [-0.4, -0.2) is 193 Å². The van der Waals surface area contributed by atoms with Crippen molar-refractivity contribution < 1.29 is 89.4 Å². The van der Waals surface area contributed by atoms with Crippen molar-refractivity contribution in [3.8, 4) is 0 Å². The molecule has 0 radical (unpaired) electrons. The first-order valence-electron chi connectivity index (χ1n) is 34.2. The zero-order valence-corrected chi connectivity index (χ0v) is 53.7. The first-order valence-corrected chi connectivity index (χ1v) is 34.2. The summed E-state index contributed by atoms with van der Waals surface area (Å²) >= 11 is 0. The molecule has 0 aromatic carbocycles. The smallest absolute Gasteiger partial charge is 0.220 e. The zero-order chi connectivity index (χ0) is 64.0. The third-order valence-corrected chi connectivity index (χ3v) is 16.8. The number of allylic oxidation sites excluding steroid dienone is 11. The molecular weight excluding hydrogens is 1130 g/mol. The monoisotopic (exact) mass is 1250 g/mol. The fraction of sp³-hybridized carbons (Fsp3) is 0.812. The van der Waals surface area contributed by atoms with Gasteiger partial charge in [0.25, 0.3) is 0 Å². The van der Waals surface area contributed by atoms with E-state index in [9.17, 15) is 61.0 Å². The molecule has 1 amide bonds. The third-order valence-electron chi connectivity index (χ3n) is 16.8. The van der Waals surface area contributed by atoms with E-state index in [4.69, 9.17) is 28.4 Å². The fourth-order valence-electron chi connectivity index (χ4n) is 11.2. The number of amides is 1. The average Bonchev–Trinajstić information content (AvgIpc) is 2.57. The highest BCUT2D eigenvalue weighted by Gasteiger charge is 2.53. The number of nitrogens with one attached hydrogen (secondary N) is 1. The Hall–Kier alpha value is -2.77. The number of aliphatic hydroxyl groups excluding tert-OH is 11. The molecule has 3 rings (SSSR count). The molecule has 0 saturated carbocycles. The van der Waals surface area contributed by atoms with Gasteiger partial charge in [0.1, 0.15) is 73.2 Å². The molecule has 17 unspecified atom stereocenters. The van der Waals surface area contributed by atoms with Crippen molar-refractivity contribution in [3.05, 3.63) is 72.9 Å². The van der Waals surface area contributed by atoms with Gasteiger partial charge in [-0.15, -0.1) is 0 Å². The van der Waals surface area contributed by atoms with Crippen molar-refractivity contribution in [2.45, 2.75) is 330 Å². The second kappa shape index (κ2) is 50.7. The first-order chi connectivity index (χ1) is 42.8. The van der Waals surface area contributed by atoms with E-state index in [1.165, 1.54) is 116 Å². The Bertz CT molecular complexity index is 1880. The summed E-state index contributed by atoms with van der Waals surface area (Å²) in [6.45, 7) is 1.61. The maximum Gasteiger partial charge on any atom is 0.220 e. The number of unbranched alkanes of at least 4 members (excludes halogenated alkanes) is 25. The molecule has 0 bridgehead atoms. The molecular formula is C69H121NO18. The van der Waals surface area contributed by atoms with Crippen LogP contribution >= 0.6 is 0 Å². The fourth-order valence-corrected chi connectivity index (χ4v) is 11.2. The van der Waals surface area contributed by atoms with Crippen LogP contribution in [0.2, 0.25) is 0 Å². The first kappa shape index (κ1) is 79.5. The molecule has 0 aromatic rings. The number of hydrogen-bond donors (Lipinski definition) is 12. The lowest BCUT2D eigenvalue weighted by Gasteiger charge is -2.48. The van der Waals surface area contributed by atoms with E-state index in [1.54, 1.807) is 6.08 Å². The van der Waals surface area contributed by atoms with Crippen molar-refractivity contribution in [2.75, 3.05) is 26.4 Å². The Labute approximate surface area is 528 Å². The highest BCUT2D eigenvalue weighted by molar-refractivity contribution is 5.76. The Morgan fingerprint density at radius 2 is 0.784 bits per heavy atom. The van der Waals surface area contributed by atoms with Gasteiger partial charge in [0.2, 0.25) is 5.91 Å². The maximum atomic E-state index is 13.4. The average molecular weight is 1250 g/mol. The molecule has 3 saturated heterocycles. The molecule has 3 aliphatic rings. The number of hydrogen-bond acceptors (Lipinski definition) is 18. The normalized spacial score (nSPS) is 28.9. The molecule has 19 heteroatoms. The van der Waals surface area contributed by atoms with Gasteiger partial charge in [0, 0.05) is 6.42 Å². The second-order valence-corrected chi connectivity index (χ2v) is 24.3. The summed E-state index contributed by atoms with van der Waals surface area (Å²) in [5, 5.41) is 120. The van der Waals surface area contributed by atoms with E-state index < -0.39 is 124 Å². The maximum absolute atomic E-state index is 13.4. The molecule has 0 spiro atoms. The highest BCUT2D eigenvalue weighted by Crippen LogP contribution is 2.33. The quantitative estimate of drug-likeness (QED) is 0.0200. The van der Waals surface area contributed by atoms with Crippen molar-refractivity contribution in [1.82, 2.24) is 5.32 Å². The van der Waals surface area contributed by atoms with Gasteiger partial charge in [-0.05, 0) is 64.2 Å². The van der Waals surface area contributed by atoms with Crippen LogP contribution in [0.4, 0.5) is 0 Å². The SMILES string of the molecule is CC/C=C\C/C=C\C/C=C\C/C=C\C/C=C\CCCCCCCCCCCCCCCC(=O)NC(COC1OC(CO)C(OC2OC(CO)C(OC3OC(CO)C(O)C(O)C3O)C(O)C2O)C(O)C1O)C(O)/C=C/CCCCCCCCCCCCCC. The number of carbonyl (C=O) groups excluding carboxylic acids is 1. The summed E-state index contributed by atoms with van der Waals surface area (Å²) in [6, 6.07) is -0.976. The summed E-state index contributed by atoms with van der Waals surface area (Å²) < 4.78 is 34.3. The van der Waals surface area contributed by atoms with Crippen LogP contribution in [0.5, 0.6) is 0 Å². The molecule has 3 fully saturated rings. The molecule has 88 heavy (non-hydrogen) atoms. The number of carbonyl (C=O) groups is 1. The summed E-state index contributed by atoms with van der Waals surface area (Å²) in [5.74, 6) is -0.279. The number of aliphatic hydroxyl groups is 11. The summed E-state index contributed by atoms with van der Waals surface area (Å²) in [5.41, 5.74) is 0. The van der Waals surface area contributed by atoms with Gasteiger partial charge in [-0.3, -0.25) is 4.79 Å². The summed E-state index contributed by atoms with van der Waals surface area (Å²) in [6.07, 6.45) is 35.9. The lowest BCUT2D eigenvalue weighted by atomic mass is 9.96. The predicted molar refractivity (Wildman–Crippen MR) is 341 cm³/mol. The minimum atomic E-state index is -1.98.